The number of carboxylic acids is 1. The largest absolute Gasteiger partial charge is 0.481 e. The van der Waals surface area contributed by atoms with E-state index >= 15 is 0 Å². The molecule has 0 heterocycles. The zero-order valence-electron chi connectivity index (χ0n) is 8.47. The van der Waals surface area contributed by atoms with Gasteiger partial charge in [0.2, 0.25) is 0 Å². The molecule has 3 heteroatoms. The van der Waals surface area contributed by atoms with E-state index in [0.29, 0.717) is 5.41 Å². The third-order valence-corrected chi connectivity index (χ3v) is 3.01. The van der Waals surface area contributed by atoms with Crippen LogP contribution in [0.2, 0.25) is 0 Å². The number of hydrogen-bond acceptors (Lipinski definition) is 2. The molecule has 0 aliphatic heterocycles. The molecule has 76 valence electrons. The van der Waals surface area contributed by atoms with Crippen LogP contribution in [0.15, 0.2) is 0 Å². The summed E-state index contributed by atoms with van der Waals surface area (Å²) in [5.41, 5.74) is 0.507. The van der Waals surface area contributed by atoms with Crippen molar-refractivity contribution in [3.63, 3.8) is 0 Å². The summed E-state index contributed by atoms with van der Waals surface area (Å²) in [5, 5.41) is 11.8. The molecule has 1 aliphatic carbocycles. The Hall–Kier alpha value is -0.570. The first-order chi connectivity index (χ1) is 6.08. The van der Waals surface area contributed by atoms with Crippen LogP contribution in [0.5, 0.6) is 0 Å². The number of carbonyl (C=O) groups is 1. The van der Waals surface area contributed by atoms with Crippen molar-refractivity contribution in [2.45, 2.75) is 45.6 Å². The normalized spacial score (nSPS) is 21.1. The molecule has 0 radical (unpaired) electrons. The van der Waals surface area contributed by atoms with Gasteiger partial charge in [-0.2, -0.15) is 0 Å². The van der Waals surface area contributed by atoms with Crippen LogP contribution in [0.1, 0.15) is 39.5 Å². The van der Waals surface area contributed by atoms with Crippen LogP contribution in [0.4, 0.5) is 0 Å². The van der Waals surface area contributed by atoms with Crippen LogP contribution in [0.25, 0.3) is 0 Å². The second-order valence-electron chi connectivity index (χ2n) is 4.23. The van der Waals surface area contributed by atoms with E-state index in [-0.39, 0.29) is 12.5 Å². The predicted molar refractivity (Wildman–Crippen MR) is 51.7 cm³/mol. The smallest absolute Gasteiger partial charge is 0.304 e. The highest BCUT2D eigenvalue weighted by atomic mass is 16.4. The van der Waals surface area contributed by atoms with Crippen molar-refractivity contribution in [1.82, 2.24) is 5.32 Å². The number of aliphatic carboxylic acids is 1. The van der Waals surface area contributed by atoms with Crippen molar-refractivity contribution in [3.8, 4) is 0 Å². The summed E-state index contributed by atoms with van der Waals surface area (Å²) in [6, 6.07) is 0.0986. The highest BCUT2D eigenvalue weighted by molar-refractivity contribution is 5.67. The van der Waals surface area contributed by atoms with Gasteiger partial charge in [0.15, 0.2) is 0 Å². The average Bonchev–Trinajstić information content (AvgIpc) is 2.80. The maximum atomic E-state index is 10.4. The molecule has 3 nitrogen and oxygen atoms in total. The van der Waals surface area contributed by atoms with Gasteiger partial charge in [-0.3, -0.25) is 4.79 Å². The monoisotopic (exact) mass is 185 g/mol. The standard InChI is InChI=1S/C10H19NO2/c1-3-10(4-5-10)7-11-8(2)6-9(12)13/h8,11H,3-7H2,1-2H3,(H,12,13). The molecule has 0 amide bonds. The number of rotatable bonds is 6. The number of nitrogens with one attached hydrogen (secondary N) is 1. The third kappa shape index (κ3) is 3.35. The molecule has 13 heavy (non-hydrogen) atoms. The van der Waals surface area contributed by atoms with E-state index in [2.05, 4.69) is 12.2 Å². The summed E-state index contributed by atoms with van der Waals surface area (Å²) in [5.74, 6) is -0.721. The SMILES string of the molecule is CCC1(CNC(C)CC(=O)O)CC1. The zero-order valence-corrected chi connectivity index (χ0v) is 8.47. The first kappa shape index (κ1) is 10.5. The highest BCUT2D eigenvalue weighted by Crippen LogP contribution is 2.47. The van der Waals surface area contributed by atoms with Gasteiger partial charge in [-0.05, 0) is 31.6 Å². The fourth-order valence-electron chi connectivity index (χ4n) is 1.56. The maximum absolute atomic E-state index is 10.4. The quantitative estimate of drug-likeness (QED) is 0.661. The summed E-state index contributed by atoms with van der Waals surface area (Å²) < 4.78 is 0. The lowest BCUT2D eigenvalue weighted by Gasteiger charge is -2.17. The van der Waals surface area contributed by atoms with Crippen molar-refractivity contribution in [1.29, 1.82) is 0 Å². The van der Waals surface area contributed by atoms with E-state index in [0.717, 1.165) is 6.54 Å². The summed E-state index contributed by atoms with van der Waals surface area (Å²) in [7, 11) is 0. The highest BCUT2D eigenvalue weighted by Gasteiger charge is 2.40. The average molecular weight is 185 g/mol. The van der Waals surface area contributed by atoms with Crippen LogP contribution in [0.3, 0.4) is 0 Å². The van der Waals surface area contributed by atoms with Crippen molar-refractivity contribution in [3.05, 3.63) is 0 Å². The van der Waals surface area contributed by atoms with E-state index in [1.165, 1.54) is 19.3 Å². The second-order valence-corrected chi connectivity index (χ2v) is 4.23. The molecule has 0 bridgehead atoms. The Morgan fingerprint density at radius 1 is 1.62 bits per heavy atom. The summed E-state index contributed by atoms with van der Waals surface area (Å²) >= 11 is 0. The first-order valence-electron chi connectivity index (χ1n) is 5.03. The topological polar surface area (TPSA) is 49.3 Å². The Balaban J connectivity index is 2.15. The Bertz CT molecular complexity index is 187. The third-order valence-electron chi connectivity index (χ3n) is 3.01. The van der Waals surface area contributed by atoms with Gasteiger partial charge in [0.25, 0.3) is 0 Å². The second kappa shape index (κ2) is 4.09. The predicted octanol–water partition coefficient (Wildman–Crippen LogP) is 1.63. The van der Waals surface area contributed by atoms with Gasteiger partial charge in [-0.1, -0.05) is 6.92 Å². The molecular weight excluding hydrogens is 166 g/mol. The van der Waals surface area contributed by atoms with Crippen molar-refractivity contribution >= 4 is 5.97 Å². The molecule has 1 fully saturated rings. The van der Waals surface area contributed by atoms with Crippen molar-refractivity contribution in [2.24, 2.45) is 5.41 Å². The summed E-state index contributed by atoms with van der Waals surface area (Å²) in [6.07, 6.45) is 4.03. The fraction of sp³-hybridized carbons (Fsp3) is 0.900. The van der Waals surface area contributed by atoms with E-state index in [1.54, 1.807) is 0 Å². The minimum absolute atomic E-state index is 0.0986. The molecule has 0 aromatic rings. The van der Waals surface area contributed by atoms with Gasteiger partial charge in [0, 0.05) is 12.6 Å². The Labute approximate surface area is 79.5 Å². The Kier molecular flexibility index (Phi) is 3.31. The lowest BCUT2D eigenvalue weighted by molar-refractivity contribution is -0.137. The van der Waals surface area contributed by atoms with Crippen LogP contribution >= 0.6 is 0 Å². The minimum atomic E-state index is -0.721. The van der Waals surface area contributed by atoms with Gasteiger partial charge in [0.1, 0.15) is 0 Å². The van der Waals surface area contributed by atoms with Crippen molar-refractivity contribution < 1.29 is 9.90 Å². The van der Waals surface area contributed by atoms with Gasteiger partial charge >= 0.3 is 5.97 Å². The van der Waals surface area contributed by atoms with Gasteiger partial charge in [0.05, 0.1) is 6.42 Å². The molecule has 0 aromatic heterocycles. The number of hydrogen-bond donors (Lipinski definition) is 2. The molecule has 1 atom stereocenters. The molecule has 1 aliphatic rings. The molecule has 1 unspecified atom stereocenters. The van der Waals surface area contributed by atoms with E-state index in [9.17, 15) is 4.79 Å². The van der Waals surface area contributed by atoms with Crippen LogP contribution in [-0.2, 0) is 4.79 Å². The maximum Gasteiger partial charge on any atom is 0.304 e. The molecular formula is C10H19NO2. The van der Waals surface area contributed by atoms with E-state index < -0.39 is 5.97 Å². The molecule has 0 spiro atoms. The van der Waals surface area contributed by atoms with E-state index in [1.807, 2.05) is 6.92 Å². The van der Waals surface area contributed by atoms with Crippen LogP contribution in [-0.4, -0.2) is 23.7 Å². The Morgan fingerprint density at radius 2 is 2.23 bits per heavy atom. The minimum Gasteiger partial charge on any atom is -0.481 e. The van der Waals surface area contributed by atoms with Crippen LogP contribution in [0, 0.1) is 5.41 Å². The lowest BCUT2D eigenvalue weighted by atomic mass is 10.0. The molecule has 1 rings (SSSR count). The molecule has 0 aromatic carbocycles. The number of carboxylic acid groups (broad SMARTS) is 1. The fourth-order valence-corrected chi connectivity index (χ4v) is 1.56. The van der Waals surface area contributed by atoms with Crippen molar-refractivity contribution in [2.75, 3.05) is 6.54 Å². The summed E-state index contributed by atoms with van der Waals surface area (Å²) in [6.45, 7) is 5.12. The Morgan fingerprint density at radius 3 is 2.62 bits per heavy atom. The lowest BCUT2D eigenvalue weighted by Crippen LogP contribution is -2.33. The van der Waals surface area contributed by atoms with E-state index in [4.69, 9.17) is 5.11 Å². The zero-order chi connectivity index (χ0) is 9.90. The first-order valence-corrected chi connectivity index (χ1v) is 5.03. The molecule has 1 saturated carbocycles. The molecule has 2 N–H and O–H groups in total. The molecule has 0 saturated heterocycles. The van der Waals surface area contributed by atoms with Crippen LogP contribution < -0.4 is 5.32 Å². The van der Waals surface area contributed by atoms with Gasteiger partial charge in [-0.15, -0.1) is 0 Å². The summed E-state index contributed by atoms with van der Waals surface area (Å²) in [4.78, 5) is 10.4. The van der Waals surface area contributed by atoms with Gasteiger partial charge < -0.3 is 10.4 Å². The van der Waals surface area contributed by atoms with Gasteiger partial charge in [-0.25, -0.2) is 0 Å².